The largest absolute Gasteiger partial charge is 0.326 e. The van der Waals surface area contributed by atoms with Gasteiger partial charge in [0.2, 0.25) is 0 Å². The van der Waals surface area contributed by atoms with Crippen LogP contribution in [0.1, 0.15) is 5.56 Å². The number of halogens is 1. The quantitative estimate of drug-likeness (QED) is 0.861. The Balaban J connectivity index is 2.41. The fourth-order valence-corrected chi connectivity index (χ4v) is 1.66. The van der Waals surface area contributed by atoms with E-state index in [1.165, 1.54) is 0 Å². The number of rotatable bonds is 2. The minimum absolute atomic E-state index is 0.562. The van der Waals surface area contributed by atoms with E-state index < -0.39 is 0 Å². The van der Waals surface area contributed by atoms with Crippen molar-refractivity contribution in [2.75, 3.05) is 0 Å². The lowest BCUT2D eigenvalue weighted by Crippen LogP contribution is -1.99. The van der Waals surface area contributed by atoms with E-state index in [2.05, 4.69) is 27.7 Å². The first-order chi connectivity index (χ1) is 6.79. The molecule has 2 N–H and O–H groups in total. The van der Waals surface area contributed by atoms with Crippen LogP contribution in [0.15, 0.2) is 36.7 Å². The van der Waals surface area contributed by atoms with Crippen molar-refractivity contribution in [1.82, 2.24) is 9.78 Å². The molecule has 0 radical (unpaired) electrons. The molecular formula is C10H10IN3. The summed E-state index contributed by atoms with van der Waals surface area (Å²) < 4.78 is 2.97. The van der Waals surface area contributed by atoms with Crippen molar-refractivity contribution in [3.05, 3.63) is 45.8 Å². The SMILES string of the molecule is NCc1cccc(-n2cc(I)cn2)c1. The van der Waals surface area contributed by atoms with E-state index in [1.54, 1.807) is 0 Å². The zero-order chi connectivity index (χ0) is 9.97. The highest BCUT2D eigenvalue weighted by Crippen LogP contribution is 2.11. The van der Waals surface area contributed by atoms with Gasteiger partial charge in [0, 0.05) is 12.7 Å². The zero-order valence-electron chi connectivity index (χ0n) is 7.52. The first-order valence-corrected chi connectivity index (χ1v) is 5.37. The van der Waals surface area contributed by atoms with Crippen LogP contribution in [0.3, 0.4) is 0 Å². The van der Waals surface area contributed by atoms with E-state index in [9.17, 15) is 0 Å². The highest BCUT2D eigenvalue weighted by Gasteiger charge is 1.98. The topological polar surface area (TPSA) is 43.8 Å². The molecule has 0 atom stereocenters. The maximum absolute atomic E-state index is 5.57. The Kier molecular flexibility index (Phi) is 2.83. The zero-order valence-corrected chi connectivity index (χ0v) is 9.68. The standard InChI is InChI=1S/C10H10IN3/c11-9-6-13-14(7-9)10-3-1-2-8(4-10)5-12/h1-4,6-7H,5,12H2. The van der Waals surface area contributed by atoms with Crippen LogP contribution in [-0.4, -0.2) is 9.78 Å². The normalized spacial score (nSPS) is 10.4. The summed E-state index contributed by atoms with van der Waals surface area (Å²) in [5.41, 5.74) is 7.74. The van der Waals surface area contributed by atoms with Gasteiger partial charge in [-0.25, -0.2) is 4.68 Å². The van der Waals surface area contributed by atoms with Crippen LogP contribution < -0.4 is 5.73 Å². The summed E-state index contributed by atoms with van der Waals surface area (Å²) >= 11 is 2.24. The first kappa shape index (κ1) is 9.67. The summed E-state index contributed by atoms with van der Waals surface area (Å²) in [7, 11) is 0. The van der Waals surface area contributed by atoms with E-state index in [-0.39, 0.29) is 0 Å². The summed E-state index contributed by atoms with van der Waals surface area (Å²) in [4.78, 5) is 0. The molecule has 4 heteroatoms. The number of nitrogens with zero attached hydrogens (tertiary/aromatic N) is 2. The van der Waals surface area contributed by atoms with Gasteiger partial charge in [-0.05, 0) is 40.3 Å². The van der Waals surface area contributed by atoms with E-state index in [4.69, 9.17) is 5.73 Å². The van der Waals surface area contributed by atoms with Crippen molar-refractivity contribution >= 4 is 22.6 Å². The van der Waals surface area contributed by atoms with Gasteiger partial charge in [-0.1, -0.05) is 12.1 Å². The van der Waals surface area contributed by atoms with Crippen LogP contribution in [-0.2, 0) is 6.54 Å². The predicted octanol–water partition coefficient (Wildman–Crippen LogP) is 1.94. The van der Waals surface area contributed by atoms with Gasteiger partial charge in [0.25, 0.3) is 0 Å². The molecule has 14 heavy (non-hydrogen) atoms. The molecule has 0 fully saturated rings. The Labute approximate surface area is 96.1 Å². The molecular weight excluding hydrogens is 289 g/mol. The molecule has 1 heterocycles. The lowest BCUT2D eigenvalue weighted by Gasteiger charge is -2.02. The average molecular weight is 299 g/mol. The molecule has 2 aromatic rings. The third kappa shape index (κ3) is 1.96. The highest BCUT2D eigenvalue weighted by atomic mass is 127. The van der Waals surface area contributed by atoms with E-state index >= 15 is 0 Å². The lowest BCUT2D eigenvalue weighted by molar-refractivity contribution is 0.876. The average Bonchev–Trinajstić information content (AvgIpc) is 2.65. The lowest BCUT2D eigenvalue weighted by atomic mass is 10.2. The molecule has 0 saturated carbocycles. The number of aromatic nitrogens is 2. The maximum atomic E-state index is 5.57. The first-order valence-electron chi connectivity index (χ1n) is 4.29. The van der Waals surface area contributed by atoms with Crippen molar-refractivity contribution in [3.8, 4) is 5.69 Å². The monoisotopic (exact) mass is 299 g/mol. The minimum Gasteiger partial charge on any atom is -0.326 e. The molecule has 0 unspecified atom stereocenters. The Morgan fingerprint density at radius 1 is 1.43 bits per heavy atom. The van der Waals surface area contributed by atoms with Crippen molar-refractivity contribution < 1.29 is 0 Å². The number of benzene rings is 1. The fraction of sp³-hybridized carbons (Fsp3) is 0.100. The summed E-state index contributed by atoms with van der Waals surface area (Å²) in [5, 5.41) is 4.23. The third-order valence-corrected chi connectivity index (χ3v) is 2.52. The second kappa shape index (κ2) is 4.10. The maximum Gasteiger partial charge on any atom is 0.0649 e. The molecule has 0 saturated heterocycles. The molecule has 1 aromatic carbocycles. The molecule has 0 aliphatic heterocycles. The van der Waals surface area contributed by atoms with Crippen LogP contribution in [0.2, 0.25) is 0 Å². The molecule has 0 amide bonds. The number of hydrogen-bond acceptors (Lipinski definition) is 2. The summed E-state index contributed by atoms with van der Waals surface area (Å²) in [6, 6.07) is 8.06. The molecule has 0 aliphatic rings. The summed E-state index contributed by atoms with van der Waals surface area (Å²) in [6.07, 6.45) is 3.81. The number of nitrogens with two attached hydrogens (primary N) is 1. The van der Waals surface area contributed by atoms with Crippen LogP contribution in [0.25, 0.3) is 5.69 Å². The van der Waals surface area contributed by atoms with Gasteiger partial charge >= 0.3 is 0 Å². The van der Waals surface area contributed by atoms with E-state index in [0.29, 0.717) is 6.54 Å². The van der Waals surface area contributed by atoms with Gasteiger partial charge < -0.3 is 5.73 Å². The van der Waals surface area contributed by atoms with Crippen molar-refractivity contribution in [2.45, 2.75) is 6.54 Å². The third-order valence-electron chi connectivity index (χ3n) is 1.96. The molecule has 2 rings (SSSR count). The van der Waals surface area contributed by atoms with Gasteiger partial charge in [0.15, 0.2) is 0 Å². The Morgan fingerprint density at radius 3 is 2.93 bits per heavy atom. The molecule has 3 nitrogen and oxygen atoms in total. The van der Waals surface area contributed by atoms with Gasteiger partial charge in [-0.3, -0.25) is 0 Å². The predicted molar refractivity (Wildman–Crippen MR) is 64.2 cm³/mol. The molecule has 72 valence electrons. The van der Waals surface area contributed by atoms with Crippen LogP contribution >= 0.6 is 22.6 Å². The van der Waals surface area contributed by atoms with Gasteiger partial charge in [0.1, 0.15) is 0 Å². The fourth-order valence-electron chi connectivity index (χ4n) is 1.27. The Hall–Kier alpha value is -0.880. The van der Waals surface area contributed by atoms with Gasteiger partial charge in [-0.15, -0.1) is 0 Å². The van der Waals surface area contributed by atoms with Crippen LogP contribution in [0.5, 0.6) is 0 Å². The Morgan fingerprint density at radius 2 is 2.29 bits per heavy atom. The van der Waals surface area contributed by atoms with E-state index in [0.717, 1.165) is 14.8 Å². The smallest absolute Gasteiger partial charge is 0.0649 e. The summed E-state index contributed by atoms with van der Waals surface area (Å²) in [6.45, 7) is 0.562. The summed E-state index contributed by atoms with van der Waals surface area (Å²) in [5.74, 6) is 0. The van der Waals surface area contributed by atoms with Gasteiger partial charge in [-0.2, -0.15) is 5.10 Å². The minimum atomic E-state index is 0.562. The second-order valence-corrected chi connectivity index (χ2v) is 4.22. The van der Waals surface area contributed by atoms with Crippen LogP contribution in [0, 0.1) is 3.57 Å². The Bertz CT molecular complexity index is 436. The van der Waals surface area contributed by atoms with Crippen LogP contribution in [0.4, 0.5) is 0 Å². The molecule has 0 spiro atoms. The second-order valence-electron chi connectivity index (χ2n) is 2.98. The number of hydrogen-bond donors (Lipinski definition) is 1. The van der Waals surface area contributed by atoms with Crippen molar-refractivity contribution in [2.24, 2.45) is 5.73 Å². The van der Waals surface area contributed by atoms with Crippen molar-refractivity contribution in [1.29, 1.82) is 0 Å². The molecule has 0 bridgehead atoms. The van der Waals surface area contributed by atoms with Crippen molar-refractivity contribution in [3.63, 3.8) is 0 Å². The van der Waals surface area contributed by atoms with E-state index in [1.807, 2.05) is 41.3 Å². The molecule has 1 aromatic heterocycles. The molecule has 0 aliphatic carbocycles. The van der Waals surface area contributed by atoms with Gasteiger partial charge in [0.05, 0.1) is 15.5 Å². The highest BCUT2D eigenvalue weighted by molar-refractivity contribution is 14.1.